The van der Waals surface area contributed by atoms with Gasteiger partial charge in [0, 0.05) is 18.6 Å². The molecule has 0 spiro atoms. The Kier molecular flexibility index (Phi) is 3.61. The van der Waals surface area contributed by atoms with Gasteiger partial charge in [-0.3, -0.25) is 14.5 Å². The van der Waals surface area contributed by atoms with Gasteiger partial charge in [0.05, 0.1) is 16.0 Å². The maximum Gasteiger partial charge on any atom is 0.307 e. The minimum absolute atomic E-state index is 0.0728. The second-order valence-corrected chi connectivity index (χ2v) is 5.19. The average molecular weight is 324 g/mol. The topological polar surface area (TPSA) is 86.2 Å². The molecule has 9 heteroatoms. The third-order valence-electron chi connectivity index (χ3n) is 3.37. The maximum absolute atomic E-state index is 13.9. The van der Waals surface area contributed by atoms with Gasteiger partial charge >= 0.3 is 5.69 Å². The van der Waals surface area contributed by atoms with Crippen molar-refractivity contribution in [2.75, 3.05) is 0 Å². The van der Waals surface area contributed by atoms with Crippen molar-refractivity contribution in [2.24, 2.45) is 0 Å². The summed E-state index contributed by atoms with van der Waals surface area (Å²) >= 11 is 6.06. The molecule has 0 aliphatic heterocycles. The van der Waals surface area contributed by atoms with Crippen LogP contribution in [-0.4, -0.2) is 24.5 Å². The van der Waals surface area contributed by atoms with Crippen molar-refractivity contribution in [1.82, 2.24) is 19.6 Å². The molecule has 0 saturated carbocycles. The van der Waals surface area contributed by atoms with Crippen molar-refractivity contribution in [1.29, 1.82) is 0 Å². The number of nitrogens with zero attached hydrogens (tertiary/aromatic N) is 5. The van der Waals surface area contributed by atoms with Gasteiger partial charge < -0.3 is 0 Å². The lowest BCUT2D eigenvalue weighted by Crippen LogP contribution is -2.01. The molecule has 0 unspecified atom stereocenters. The fourth-order valence-corrected chi connectivity index (χ4v) is 2.52. The zero-order valence-electron chi connectivity index (χ0n) is 11.6. The molecule has 2 aromatic heterocycles. The molecule has 0 radical (unpaired) electrons. The summed E-state index contributed by atoms with van der Waals surface area (Å²) in [5.41, 5.74) is 0.258. The predicted molar refractivity (Wildman–Crippen MR) is 78.5 cm³/mol. The van der Waals surface area contributed by atoms with Crippen LogP contribution in [0.4, 0.5) is 10.1 Å². The molecule has 0 atom stereocenters. The van der Waals surface area contributed by atoms with Gasteiger partial charge in [-0.05, 0) is 6.42 Å². The zero-order valence-corrected chi connectivity index (χ0v) is 12.3. The first-order valence-electron chi connectivity index (χ1n) is 6.70. The lowest BCUT2D eigenvalue weighted by molar-refractivity contribution is -0.387. The first-order valence-corrected chi connectivity index (χ1v) is 7.08. The molecule has 0 aliphatic carbocycles. The molecular weight excluding hydrogens is 313 g/mol. The minimum Gasteiger partial charge on any atom is -0.275 e. The van der Waals surface area contributed by atoms with Gasteiger partial charge in [0.1, 0.15) is 5.82 Å². The van der Waals surface area contributed by atoms with Gasteiger partial charge in [-0.25, -0.2) is 4.98 Å². The van der Waals surface area contributed by atoms with Crippen LogP contribution in [0.15, 0.2) is 12.1 Å². The van der Waals surface area contributed by atoms with E-state index in [1.807, 2.05) is 6.92 Å². The standard InChI is InChI=1S/C13H11ClFN5O2/c1-2-3-4-11-17-18-13-12(14)16-8-6-9(20(21)22)7(15)5-10(8)19(11)13/h5-6H,2-4H2,1H3. The quantitative estimate of drug-likeness (QED) is 0.543. The summed E-state index contributed by atoms with van der Waals surface area (Å²) in [5.74, 6) is -0.308. The van der Waals surface area contributed by atoms with Gasteiger partial charge in [0.2, 0.25) is 5.82 Å². The van der Waals surface area contributed by atoms with E-state index in [1.54, 1.807) is 4.40 Å². The van der Waals surface area contributed by atoms with E-state index in [-0.39, 0.29) is 10.7 Å². The van der Waals surface area contributed by atoms with E-state index in [0.717, 1.165) is 25.0 Å². The summed E-state index contributed by atoms with van der Waals surface area (Å²) in [4.78, 5) is 14.1. The van der Waals surface area contributed by atoms with Gasteiger partial charge in [-0.1, -0.05) is 24.9 Å². The fraction of sp³-hybridized carbons (Fsp3) is 0.308. The normalized spacial score (nSPS) is 11.4. The van der Waals surface area contributed by atoms with Gasteiger partial charge in [0.25, 0.3) is 0 Å². The second-order valence-electron chi connectivity index (χ2n) is 4.83. The van der Waals surface area contributed by atoms with E-state index in [4.69, 9.17) is 11.6 Å². The van der Waals surface area contributed by atoms with Crippen molar-refractivity contribution in [2.45, 2.75) is 26.2 Å². The number of hydrogen-bond acceptors (Lipinski definition) is 5. The molecule has 3 aromatic rings. The highest BCUT2D eigenvalue weighted by Crippen LogP contribution is 2.27. The molecule has 0 fully saturated rings. The Hall–Kier alpha value is -2.35. The van der Waals surface area contributed by atoms with Gasteiger partial charge in [-0.2, -0.15) is 4.39 Å². The number of hydrogen-bond donors (Lipinski definition) is 0. The Balaban J connectivity index is 2.35. The number of aryl methyl sites for hydroxylation is 1. The monoisotopic (exact) mass is 323 g/mol. The molecule has 2 heterocycles. The summed E-state index contributed by atoms with van der Waals surface area (Å²) in [7, 11) is 0. The van der Waals surface area contributed by atoms with E-state index >= 15 is 0 Å². The Morgan fingerprint density at radius 1 is 1.41 bits per heavy atom. The predicted octanol–water partition coefficient (Wildman–Crippen LogP) is 3.32. The second kappa shape index (κ2) is 5.45. The number of nitro benzene ring substituents is 1. The zero-order chi connectivity index (χ0) is 15.9. The highest BCUT2D eigenvalue weighted by molar-refractivity contribution is 6.32. The molecule has 22 heavy (non-hydrogen) atoms. The van der Waals surface area contributed by atoms with Crippen LogP contribution >= 0.6 is 11.6 Å². The lowest BCUT2D eigenvalue weighted by Gasteiger charge is -2.06. The van der Waals surface area contributed by atoms with Crippen molar-refractivity contribution < 1.29 is 9.31 Å². The molecule has 114 valence electrons. The Bertz CT molecular complexity index is 895. The molecule has 0 amide bonds. The molecule has 0 aliphatic rings. The minimum atomic E-state index is -0.932. The molecule has 0 N–H and O–H groups in total. The van der Waals surface area contributed by atoms with Crippen LogP contribution in [-0.2, 0) is 6.42 Å². The Morgan fingerprint density at radius 2 is 2.18 bits per heavy atom. The largest absolute Gasteiger partial charge is 0.307 e. The number of nitro groups is 1. The summed E-state index contributed by atoms with van der Waals surface area (Å²) in [6.07, 6.45) is 2.49. The number of fused-ring (bicyclic) bond motifs is 3. The van der Waals surface area contributed by atoms with E-state index < -0.39 is 16.4 Å². The summed E-state index contributed by atoms with van der Waals surface area (Å²) in [5, 5.41) is 19.0. The Labute approximate surface area is 128 Å². The van der Waals surface area contributed by atoms with Crippen LogP contribution in [0.5, 0.6) is 0 Å². The number of aromatic nitrogens is 4. The van der Waals surface area contributed by atoms with E-state index in [0.29, 0.717) is 23.4 Å². The third kappa shape index (κ3) is 2.25. The average Bonchev–Trinajstić information content (AvgIpc) is 2.90. The van der Waals surface area contributed by atoms with Gasteiger partial charge in [-0.15, -0.1) is 10.2 Å². The first-order chi connectivity index (χ1) is 10.5. The van der Waals surface area contributed by atoms with Crippen LogP contribution in [0.25, 0.3) is 16.7 Å². The number of halogens is 2. The number of unbranched alkanes of at least 4 members (excludes halogenated alkanes) is 1. The highest BCUT2D eigenvalue weighted by atomic mass is 35.5. The molecule has 0 saturated heterocycles. The van der Waals surface area contributed by atoms with Crippen LogP contribution in [0, 0.1) is 15.9 Å². The smallest absolute Gasteiger partial charge is 0.275 e. The molecular formula is C13H11ClFN5O2. The first kappa shape index (κ1) is 14.6. The van der Waals surface area contributed by atoms with Crippen molar-refractivity contribution >= 4 is 34.0 Å². The third-order valence-corrected chi connectivity index (χ3v) is 3.62. The lowest BCUT2D eigenvalue weighted by atomic mass is 10.2. The van der Waals surface area contributed by atoms with E-state index in [1.165, 1.54) is 0 Å². The van der Waals surface area contributed by atoms with Crippen LogP contribution < -0.4 is 0 Å². The molecule has 7 nitrogen and oxygen atoms in total. The van der Waals surface area contributed by atoms with Crippen LogP contribution in [0.2, 0.25) is 5.15 Å². The van der Waals surface area contributed by atoms with Crippen molar-refractivity contribution in [3.63, 3.8) is 0 Å². The van der Waals surface area contributed by atoms with E-state index in [2.05, 4.69) is 15.2 Å². The summed E-state index contributed by atoms with van der Waals surface area (Å²) in [6, 6.07) is 2.14. The number of rotatable bonds is 4. The highest BCUT2D eigenvalue weighted by Gasteiger charge is 2.20. The van der Waals surface area contributed by atoms with Crippen molar-refractivity contribution in [3.05, 3.63) is 39.0 Å². The Morgan fingerprint density at radius 3 is 2.86 bits per heavy atom. The SMILES string of the molecule is CCCCc1nnc2c(Cl)nc3cc([N+](=O)[O-])c(F)cc3n12. The fourth-order valence-electron chi connectivity index (χ4n) is 2.30. The number of benzene rings is 1. The maximum atomic E-state index is 13.9. The van der Waals surface area contributed by atoms with Crippen LogP contribution in [0.1, 0.15) is 25.6 Å². The van der Waals surface area contributed by atoms with Crippen LogP contribution in [0.3, 0.4) is 0 Å². The van der Waals surface area contributed by atoms with E-state index in [9.17, 15) is 14.5 Å². The van der Waals surface area contributed by atoms with Crippen molar-refractivity contribution in [3.8, 4) is 0 Å². The summed E-state index contributed by atoms with van der Waals surface area (Å²) < 4.78 is 15.5. The van der Waals surface area contributed by atoms with Gasteiger partial charge in [0.15, 0.2) is 10.8 Å². The molecule has 1 aromatic carbocycles. The molecule has 3 rings (SSSR count). The summed E-state index contributed by atoms with van der Waals surface area (Å²) in [6.45, 7) is 2.04. The molecule has 0 bridgehead atoms.